The van der Waals surface area contributed by atoms with Gasteiger partial charge in [0, 0.05) is 35.5 Å². The number of aliphatic imine (C=N–C) groups is 1. The molecular weight excluding hydrogens is 483 g/mol. The molecule has 2 rings (SSSR count). The highest BCUT2D eigenvalue weighted by Gasteiger charge is 2.06. The highest BCUT2D eigenvalue weighted by molar-refractivity contribution is 14.0. The molecule has 3 N–H and O–H groups in total. The SMILES string of the molecule is CCc1ccc(CNC(=NC)NCc2cccc(NC(=O)CC(C)C)c2)s1.I. The number of halogens is 1. The molecule has 1 aromatic heterocycles. The number of benzene rings is 1. The zero-order chi connectivity index (χ0) is 19.6. The summed E-state index contributed by atoms with van der Waals surface area (Å²) in [7, 11) is 1.77. The van der Waals surface area contributed by atoms with E-state index in [4.69, 9.17) is 0 Å². The smallest absolute Gasteiger partial charge is 0.224 e. The predicted molar refractivity (Wildman–Crippen MR) is 131 cm³/mol. The van der Waals surface area contributed by atoms with Crippen molar-refractivity contribution in [2.75, 3.05) is 12.4 Å². The molecule has 1 aromatic carbocycles. The Bertz CT molecular complexity index is 773. The molecule has 2 aromatic rings. The minimum Gasteiger partial charge on any atom is -0.352 e. The zero-order valence-electron chi connectivity index (χ0n) is 17.0. The van der Waals surface area contributed by atoms with E-state index in [0.29, 0.717) is 18.9 Å². The summed E-state index contributed by atoms with van der Waals surface area (Å²) in [5, 5.41) is 9.62. The van der Waals surface area contributed by atoms with Crippen LogP contribution in [0.5, 0.6) is 0 Å². The molecule has 0 saturated heterocycles. The summed E-state index contributed by atoms with van der Waals surface area (Å²) in [6, 6.07) is 12.2. The Kier molecular flexibility index (Phi) is 11.1. The molecule has 0 fully saturated rings. The lowest BCUT2D eigenvalue weighted by atomic mass is 10.1. The summed E-state index contributed by atoms with van der Waals surface area (Å²) in [5.74, 6) is 1.16. The molecule has 0 unspecified atom stereocenters. The first-order valence-electron chi connectivity index (χ1n) is 9.41. The van der Waals surface area contributed by atoms with Crippen LogP contribution >= 0.6 is 35.3 Å². The Balaban J connectivity index is 0.00000392. The maximum Gasteiger partial charge on any atom is 0.224 e. The van der Waals surface area contributed by atoms with Crippen LogP contribution in [0.25, 0.3) is 0 Å². The highest BCUT2D eigenvalue weighted by atomic mass is 127. The third-order valence-corrected chi connectivity index (χ3v) is 5.21. The van der Waals surface area contributed by atoms with Crippen molar-refractivity contribution in [3.05, 3.63) is 51.7 Å². The Hall–Kier alpha value is -1.61. The maximum absolute atomic E-state index is 11.9. The first-order valence-corrected chi connectivity index (χ1v) is 10.2. The Labute approximate surface area is 189 Å². The summed E-state index contributed by atoms with van der Waals surface area (Å²) in [5.41, 5.74) is 1.92. The number of nitrogens with one attached hydrogen (secondary N) is 3. The number of guanidine groups is 1. The van der Waals surface area contributed by atoms with Crippen LogP contribution in [0.1, 0.15) is 42.5 Å². The first kappa shape index (κ1) is 24.4. The lowest BCUT2D eigenvalue weighted by Gasteiger charge is -2.12. The van der Waals surface area contributed by atoms with Crippen molar-refractivity contribution >= 4 is 52.9 Å². The topological polar surface area (TPSA) is 65.5 Å². The van der Waals surface area contributed by atoms with Crippen LogP contribution in [0.4, 0.5) is 5.69 Å². The fourth-order valence-electron chi connectivity index (χ4n) is 2.63. The molecule has 0 aliphatic rings. The molecular formula is C21H31IN4OS. The van der Waals surface area contributed by atoms with E-state index in [1.165, 1.54) is 9.75 Å². The van der Waals surface area contributed by atoms with Gasteiger partial charge in [-0.1, -0.05) is 32.9 Å². The van der Waals surface area contributed by atoms with Gasteiger partial charge in [-0.3, -0.25) is 9.79 Å². The fraction of sp³-hybridized carbons (Fsp3) is 0.429. The molecule has 0 saturated carbocycles. The molecule has 154 valence electrons. The van der Waals surface area contributed by atoms with Crippen LogP contribution in [0.3, 0.4) is 0 Å². The molecule has 0 spiro atoms. The second kappa shape index (κ2) is 12.8. The summed E-state index contributed by atoms with van der Waals surface area (Å²) < 4.78 is 0. The van der Waals surface area contributed by atoms with Gasteiger partial charge in [0.15, 0.2) is 5.96 Å². The number of carbonyl (C=O) groups is 1. The number of nitrogens with zero attached hydrogens (tertiary/aromatic N) is 1. The normalized spacial score (nSPS) is 11.1. The maximum atomic E-state index is 11.9. The van der Waals surface area contributed by atoms with Gasteiger partial charge in [-0.05, 0) is 42.2 Å². The lowest BCUT2D eigenvalue weighted by Crippen LogP contribution is -2.36. The number of amides is 1. The van der Waals surface area contributed by atoms with Crippen LogP contribution in [0.15, 0.2) is 41.4 Å². The average Bonchev–Trinajstić information content (AvgIpc) is 3.09. The molecule has 5 nitrogen and oxygen atoms in total. The van der Waals surface area contributed by atoms with E-state index >= 15 is 0 Å². The largest absolute Gasteiger partial charge is 0.352 e. The molecule has 0 radical (unpaired) electrons. The van der Waals surface area contributed by atoms with E-state index < -0.39 is 0 Å². The second-order valence-electron chi connectivity index (χ2n) is 6.85. The third-order valence-electron chi connectivity index (χ3n) is 3.98. The van der Waals surface area contributed by atoms with Gasteiger partial charge in [-0.15, -0.1) is 35.3 Å². The standard InChI is InChI=1S/C21H30N4OS.HI/c1-5-18-9-10-19(27-18)14-24-21(22-4)23-13-16-7-6-8-17(12-16)25-20(26)11-15(2)3;/h6-10,12,15H,5,11,13-14H2,1-4H3,(H,25,26)(H2,22,23,24);1H. The lowest BCUT2D eigenvalue weighted by molar-refractivity contribution is -0.116. The van der Waals surface area contributed by atoms with E-state index in [9.17, 15) is 4.79 Å². The van der Waals surface area contributed by atoms with Crippen molar-refractivity contribution in [1.82, 2.24) is 10.6 Å². The molecule has 28 heavy (non-hydrogen) atoms. The van der Waals surface area contributed by atoms with Gasteiger partial charge in [0.25, 0.3) is 0 Å². The van der Waals surface area contributed by atoms with Gasteiger partial charge < -0.3 is 16.0 Å². The summed E-state index contributed by atoms with van der Waals surface area (Å²) in [6.45, 7) is 7.65. The van der Waals surface area contributed by atoms with Gasteiger partial charge in [0.2, 0.25) is 5.91 Å². The van der Waals surface area contributed by atoms with Crippen molar-refractivity contribution in [3.63, 3.8) is 0 Å². The van der Waals surface area contributed by atoms with Crippen molar-refractivity contribution < 1.29 is 4.79 Å². The van der Waals surface area contributed by atoms with E-state index in [0.717, 1.165) is 30.2 Å². The Morgan fingerprint density at radius 2 is 1.82 bits per heavy atom. The Morgan fingerprint density at radius 1 is 1.11 bits per heavy atom. The molecule has 1 amide bonds. The van der Waals surface area contributed by atoms with Crippen LogP contribution < -0.4 is 16.0 Å². The second-order valence-corrected chi connectivity index (χ2v) is 8.10. The number of rotatable bonds is 8. The van der Waals surface area contributed by atoms with E-state index in [1.54, 1.807) is 7.05 Å². The minimum absolute atomic E-state index is 0. The number of anilines is 1. The highest BCUT2D eigenvalue weighted by Crippen LogP contribution is 2.16. The van der Waals surface area contributed by atoms with Crippen LogP contribution in [-0.2, 0) is 24.3 Å². The van der Waals surface area contributed by atoms with Crippen molar-refractivity contribution in [1.29, 1.82) is 0 Å². The number of thiophene rings is 1. The number of aryl methyl sites for hydroxylation is 1. The van der Waals surface area contributed by atoms with E-state index in [2.05, 4.69) is 40.0 Å². The number of carbonyl (C=O) groups excluding carboxylic acids is 1. The minimum atomic E-state index is 0. The van der Waals surface area contributed by atoms with Crippen LogP contribution in [0.2, 0.25) is 0 Å². The summed E-state index contributed by atoms with van der Waals surface area (Å²) in [4.78, 5) is 18.9. The van der Waals surface area contributed by atoms with Gasteiger partial charge in [-0.25, -0.2) is 0 Å². The van der Waals surface area contributed by atoms with Crippen molar-refractivity contribution in [2.45, 2.75) is 46.7 Å². The number of hydrogen-bond donors (Lipinski definition) is 3. The van der Waals surface area contributed by atoms with Gasteiger partial charge in [-0.2, -0.15) is 0 Å². The van der Waals surface area contributed by atoms with E-state index in [1.807, 2.05) is 49.4 Å². The summed E-state index contributed by atoms with van der Waals surface area (Å²) in [6.07, 6.45) is 1.60. The van der Waals surface area contributed by atoms with Crippen LogP contribution in [-0.4, -0.2) is 18.9 Å². The molecule has 0 aliphatic heterocycles. The molecule has 0 bridgehead atoms. The molecule has 0 atom stereocenters. The van der Waals surface area contributed by atoms with Gasteiger partial charge in [0.05, 0.1) is 6.54 Å². The quantitative estimate of drug-likeness (QED) is 0.270. The van der Waals surface area contributed by atoms with Crippen molar-refractivity contribution in [2.24, 2.45) is 10.9 Å². The summed E-state index contributed by atoms with van der Waals surface area (Å²) >= 11 is 1.83. The monoisotopic (exact) mass is 514 g/mol. The zero-order valence-corrected chi connectivity index (χ0v) is 20.2. The molecule has 7 heteroatoms. The Morgan fingerprint density at radius 3 is 2.46 bits per heavy atom. The third kappa shape index (κ3) is 8.60. The van der Waals surface area contributed by atoms with Crippen LogP contribution in [0, 0.1) is 5.92 Å². The fourth-order valence-corrected chi connectivity index (χ4v) is 3.52. The number of hydrogen-bond acceptors (Lipinski definition) is 3. The average molecular weight is 514 g/mol. The first-order chi connectivity index (χ1) is 13.0. The van der Waals surface area contributed by atoms with E-state index in [-0.39, 0.29) is 29.9 Å². The van der Waals surface area contributed by atoms with Gasteiger partial charge >= 0.3 is 0 Å². The predicted octanol–water partition coefficient (Wildman–Crippen LogP) is 4.78. The molecule has 0 aliphatic carbocycles. The van der Waals surface area contributed by atoms with Gasteiger partial charge in [0.1, 0.15) is 0 Å². The van der Waals surface area contributed by atoms with Crippen molar-refractivity contribution in [3.8, 4) is 0 Å². The molecule has 1 heterocycles.